The van der Waals surface area contributed by atoms with E-state index >= 15 is 0 Å². The first-order chi connectivity index (χ1) is 13.6. The van der Waals surface area contributed by atoms with E-state index in [1.807, 2.05) is 17.0 Å². The van der Waals surface area contributed by atoms with Crippen LogP contribution in [0.15, 0.2) is 36.9 Å². The van der Waals surface area contributed by atoms with E-state index < -0.39 is 0 Å². The molecule has 1 unspecified atom stereocenters. The third-order valence-electron chi connectivity index (χ3n) is 5.87. The number of benzene rings is 1. The first kappa shape index (κ1) is 20.4. The molecule has 6 nitrogen and oxygen atoms in total. The van der Waals surface area contributed by atoms with Gasteiger partial charge >= 0.3 is 0 Å². The molecule has 3 rings (SSSR count). The minimum Gasteiger partial charge on any atom is -0.497 e. The molecule has 2 aliphatic rings. The standard InChI is InChI=1S/C22H31N3O3/c1-3-12-23-21(26)20(17-6-4-5-7-17)24-13-15-25(16-14-24)22(27)18-8-10-19(28-2)11-9-18/h3,8-11,17,20H,1,4-7,12-16H2,2H3,(H,23,26). The van der Waals surface area contributed by atoms with Gasteiger partial charge in [-0.1, -0.05) is 18.9 Å². The van der Waals surface area contributed by atoms with E-state index in [2.05, 4.69) is 16.8 Å². The maximum Gasteiger partial charge on any atom is 0.253 e. The van der Waals surface area contributed by atoms with Crippen LogP contribution in [0.5, 0.6) is 5.75 Å². The molecule has 152 valence electrons. The summed E-state index contributed by atoms with van der Waals surface area (Å²) in [5, 5.41) is 2.99. The van der Waals surface area contributed by atoms with Crippen LogP contribution in [0.2, 0.25) is 0 Å². The van der Waals surface area contributed by atoms with Crippen molar-refractivity contribution in [3.05, 3.63) is 42.5 Å². The molecule has 1 aromatic rings. The van der Waals surface area contributed by atoms with Gasteiger partial charge in [-0.2, -0.15) is 0 Å². The number of nitrogens with zero attached hydrogens (tertiary/aromatic N) is 2. The van der Waals surface area contributed by atoms with E-state index in [9.17, 15) is 9.59 Å². The Kier molecular flexibility index (Phi) is 7.09. The molecular formula is C22H31N3O3. The largest absolute Gasteiger partial charge is 0.497 e. The van der Waals surface area contributed by atoms with Crippen molar-refractivity contribution in [2.24, 2.45) is 5.92 Å². The predicted octanol–water partition coefficient (Wildman–Crippen LogP) is 2.31. The molecule has 1 N–H and O–H groups in total. The SMILES string of the molecule is C=CCNC(=O)C(C1CCCC1)N1CCN(C(=O)c2ccc(OC)cc2)CC1. The average molecular weight is 386 g/mol. The summed E-state index contributed by atoms with van der Waals surface area (Å²) in [5.74, 6) is 1.29. The Balaban J connectivity index is 1.61. The summed E-state index contributed by atoms with van der Waals surface area (Å²) < 4.78 is 5.16. The number of carbonyl (C=O) groups excluding carboxylic acids is 2. The molecule has 28 heavy (non-hydrogen) atoms. The summed E-state index contributed by atoms with van der Waals surface area (Å²) in [7, 11) is 1.61. The molecule has 0 aromatic heterocycles. The summed E-state index contributed by atoms with van der Waals surface area (Å²) in [4.78, 5) is 29.7. The van der Waals surface area contributed by atoms with Crippen molar-refractivity contribution < 1.29 is 14.3 Å². The number of hydrogen-bond donors (Lipinski definition) is 1. The van der Waals surface area contributed by atoms with Crippen LogP contribution in [0.4, 0.5) is 0 Å². The van der Waals surface area contributed by atoms with Gasteiger partial charge in [0, 0.05) is 38.3 Å². The molecule has 1 aromatic carbocycles. The van der Waals surface area contributed by atoms with Crippen molar-refractivity contribution in [2.75, 3.05) is 39.8 Å². The first-order valence-electron chi connectivity index (χ1n) is 10.2. The van der Waals surface area contributed by atoms with Crippen molar-refractivity contribution in [3.63, 3.8) is 0 Å². The lowest BCUT2D eigenvalue weighted by molar-refractivity contribution is -0.129. The van der Waals surface area contributed by atoms with Gasteiger partial charge in [0.1, 0.15) is 5.75 Å². The molecule has 0 radical (unpaired) electrons. The van der Waals surface area contributed by atoms with Crippen LogP contribution in [0.1, 0.15) is 36.0 Å². The minimum absolute atomic E-state index is 0.0378. The van der Waals surface area contributed by atoms with Gasteiger partial charge in [-0.15, -0.1) is 6.58 Å². The lowest BCUT2D eigenvalue weighted by atomic mass is 9.95. The van der Waals surface area contributed by atoms with Crippen LogP contribution in [0.25, 0.3) is 0 Å². The highest BCUT2D eigenvalue weighted by Crippen LogP contribution is 2.31. The number of hydrogen-bond acceptors (Lipinski definition) is 4. The Morgan fingerprint density at radius 3 is 2.39 bits per heavy atom. The number of amides is 2. The van der Waals surface area contributed by atoms with E-state index in [0.717, 1.165) is 31.7 Å². The van der Waals surface area contributed by atoms with Crippen molar-refractivity contribution in [2.45, 2.75) is 31.7 Å². The predicted molar refractivity (Wildman–Crippen MR) is 109 cm³/mol. The molecule has 2 fully saturated rings. The second kappa shape index (κ2) is 9.73. The summed E-state index contributed by atoms with van der Waals surface area (Å²) in [6, 6.07) is 7.13. The fraction of sp³-hybridized carbons (Fsp3) is 0.545. The molecule has 0 spiro atoms. The average Bonchev–Trinajstić information content (AvgIpc) is 3.26. The molecule has 1 aliphatic heterocycles. The third kappa shape index (κ3) is 4.73. The quantitative estimate of drug-likeness (QED) is 0.732. The van der Waals surface area contributed by atoms with Crippen LogP contribution in [-0.4, -0.2) is 67.5 Å². The van der Waals surface area contributed by atoms with Crippen LogP contribution in [-0.2, 0) is 4.79 Å². The molecule has 0 bridgehead atoms. The van der Waals surface area contributed by atoms with E-state index in [-0.39, 0.29) is 17.9 Å². The van der Waals surface area contributed by atoms with Crippen LogP contribution >= 0.6 is 0 Å². The van der Waals surface area contributed by atoms with Gasteiger partial charge in [-0.05, 0) is 43.0 Å². The normalized spacial score (nSPS) is 19.2. The third-order valence-corrected chi connectivity index (χ3v) is 5.87. The minimum atomic E-state index is -0.0966. The maximum absolute atomic E-state index is 12.8. The van der Waals surface area contributed by atoms with Crippen LogP contribution in [0.3, 0.4) is 0 Å². The molecule has 1 saturated heterocycles. The Hall–Kier alpha value is -2.34. The van der Waals surface area contributed by atoms with Gasteiger partial charge in [-0.3, -0.25) is 14.5 Å². The fourth-order valence-corrected chi connectivity index (χ4v) is 4.35. The number of ether oxygens (including phenoxy) is 1. The molecule has 6 heteroatoms. The highest BCUT2D eigenvalue weighted by atomic mass is 16.5. The summed E-state index contributed by atoms with van der Waals surface area (Å²) >= 11 is 0. The number of piperazine rings is 1. The lowest BCUT2D eigenvalue weighted by Crippen LogP contribution is -2.58. The second-order valence-electron chi connectivity index (χ2n) is 7.58. The fourth-order valence-electron chi connectivity index (χ4n) is 4.35. The smallest absolute Gasteiger partial charge is 0.253 e. The molecule has 2 amide bonds. The van der Waals surface area contributed by atoms with Gasteiger partial charge < -0.3 is 15.0 Å². The molecular weight excluding hydrogens is 354 g/mol. The van der Waals surface area contributed by atoms with E-state index in [1.165, 1.54) is 12.8 Å². The van der Waals surface area contributed by atoms with Gasteiger partial charge in [0.25, 0.3) is 5.91 Å². The Labute approximate surface area is 167 Å². The monoisotopic (exact) mass is 385 g/mol. The van der Waals surface area contributed by atoms with Gasteiger partial charge in [0.15, 0.2) is 0 Å². The summed E-state index contributed by atoms with van der Waals surface area (Å²) in [6.45, 7) is 6.93. The summed E-state index contributed by atoms with van der Waals surface area (Å²) in [5.41, 5.74) is 0.672. The summed E-state index contributed by atoms with van der Waals surface area (Å²) in [6.07, 6.45) is 6.33. The van der Waals surface area contributed by atoms with Crippen molar-refractivity contribution in [1.82, 2.24) is 15.1 Å². The Morgan fingerprint density at radius 1 is 1.18 bits per heavy atom. The zero-order chi connectivity index (χ0) is 19.9. The zero-order valence-electron chi connectivity index (χ0n) is 16.7. The molecule has 1 aliphatic carbocycles. The van der Waals surface area contributed by atoms with E-state index in [1.54, 1.807) is 25.3 Å². The number of methoxy groups -OCH3 is 1. The molecule has 1 atom stereocenters. The number of carbonyl (C=O) groups is 2. The number of nitrogens with one attached hydrogen (secondary N) is 1. The van der Waals surface area contributed by atoms with Crippen LogP contribution < -0.4 is 10.1 Å². The van der Waals surface area contributed by atoms with E-state index in [0.29, 0.717) is 31.1 Å². The van der Waals surface area contributed by atoms with E-state index in [4.69, 9.17) is 4.74 Å². The van der Waals surface area contributed by atoms with Gasteiger partial charge in [0.05, 0.1) is 13.2 Å². The second-order valence-corrected chi connectivity index (χ2v) is 7.58. The highest BCUT2D eigenvalue weighted by molar-refractivity contribution is 5.94. The lowest BCUT2D eigenvalue weighted by Gasteiger charge is -2.40. The molecule has 1 saturated carbocycles. The Bertz CT molecular complexity index is 675. The Morgan fingerprint density at radius 2 is 1.82 bits per heavy atom. The maximum atomic E-state index is 12.8. The topological polar surface area (TPSA) is 61.9 Å². The first-order valence-corrected chi connectivity index (χ1v) is 10.2. The van der Waals surface area contributed by atoms with Crippen LogP contribution in [0, 0.1) is 5.92 Å². The van der Waals surface area contributed by atoms with Gasteiger partial charge in [-0.25, -0.2) is 0 Å². The zero-order valence-corrected chi connectivity index (χ0v) is 16.7. The highest BCUT2D eigenvalue weighted by Gasteiger charge is 2.37. The van der Waals surface area contributed by atoms with Crippen molar-refractivity contribution in [1.29, 1.82) is 0 Å². The van der Waals surface area contributed by atoms with Crippen molar-refractivity contribution >= 4 is 11.8 Å². The van der Waals surface area contributed by atoms with Gasteiger partial charge in [0.2, 0.25) is 5.91 Å². The molecule has 1 heterocycles. The number of rotatable bonds is 7. The van der Waals surface area contributed by atoms with Crippen molar-refractivity contribution in [3.8, 4) is 5.75 Å².